The zero-order valence-corrected chi connectivity index (χ0v) is 12.9. The number of amides is 1. The van der Waals surface area contributed by atoms with Crippen molar-refractivity contribution in [3.63, 3.8) is 0 Å². The van der Waals surface area contributed by atoms with Gasteiger partial charge in [-0.2, -0.15) is 0 Å². The topological polar surface area (TPSA) is 40.5 Å². The van der Waals surface area contributed by atoms with E-state index in [9.17, 15) is 9.90 Å². The number of aliphatic hydroxyl groups is 1. The third kappa shape index (κ3) is 4.87. The van der Waals surface area contributed by atoms with Crippen LogP contribution in [0.3, 0.4) is 0 Å². The van der Waals surface area contributed by atoms with E-state index < -0.39 is 0 Å². The average Bonchev–Trinajstić information content (AvgIpc) is 2.51. The summed E-state index contributed by atoms with van der Waals surface area (Å²) in [5, 5.41) is 9.86. The zero-order valence-electron chi connectivity index (χ0n) is 12.2. The van der Waals surface area contributed by atoms with Crippen LogP contribution in [0.15, 0.2) is 30.3 Å². The van der Waals surface area contributed by atoms with Crippen LogP contribution in [0.5, 0.6) is 0 Å². The molecule has 2 rings (SSSR count). The highest BCUT2D eigenvalue weighted by molar-refractivity contribution is 6.30. The third-order valence-electron chi connectivity index (χ3n) is 3.91. The summed E-state index contributed by atoms with van der Waals surface area (Å²) in [7, 11) is 0. The Kier molecular flexibility index (Phi) is 6.27. The molecule has 0 aliphatic heterocycles. The number of rotatable bonds is 5. The fourth-order valence-electron chi connectivity index (χ4n) is 2.85. The molecule has 1 saturated carbocycles. The van der Waals surface area contributed by atoms with Crippen molar-refractivity contribution < 1.29 is 9.90 Å². The van der Waals surface area contributed by atoms with Crippen molar-refractivity contribution in [1.29, 1.82) is 0 Å². The van der Waals surface area contributed by atoms with Crippen LogP contribution >= 0.6 is 11.6 Å². The molecule has 1 N–H and O–H groups in total. The van der Waals surface area contributed by atoms with Crippen molar-refractivity contribution in [2.24, 2.45) is 0 Å². The van der Waals surface area contributed by atoms with Crippen molar-refractivity contribution in [3.8, 4) is 0 Å². The minimum atomic E-state index is -0.0316. The quantitative estimate of drug-likeness (QED) is 0.846. The van der Waals surface area contributed by atoms with Gasteiger partial charge < -0.3 is 10.0 Å². The first kappa shape index (κ1) is 16.1. The van der Waals surface area contributed by atoms with Gasteiger partial charge in [-0.05, 0) is 36.6 Å². The molecule has 0 heterocycles. The highest BCUT2D eigenvalue weighted by Crippen LogP contribution is 2.23. The van der Waals surface area contributed by atoms with Gasteiger partial charge >= 0.3 is 0 Å². The molecule has 1 aliphatic rings. The molecule has 1 aliphatic carbocycles. The summed E-state index contributed by atoms with van der Waals surface area (Å²) in [6.45, 7) is 0.413. The Bertz CT molecular complexity index is 495. The van der Waals surface area contributed by atoms with Crippen LogP contribution < -0.4 is 0 Å². The third-order valence-corrected chi connectivity index (χ3v) is 4.14. The molecule has 1 amide bonds. The van der Waals surface area contributed by atoms with E-state index in [0.29, 0.717) is 11.6 Å². The molecule has 1 aromatic rings. The standard InChI is InChI=1S/C17H22ClNO2/c18-15-6-4-5-14(13-15)9-10-17(21)19(11-12-20)16-7-2-1-3-8-16/h4-6,9-10,13,16,20H,1-3,7-8,11-12H2. The van der Waals surface area contributed by atoms with Gasteiger partial charge in [0.25, 0.3) is 0 Å². The van der Waals surface area contributed by atoms with Crippen molar-refractivity contribution in [2.45, 2.75) is 38.1 Å². The van der Waals surface area contributed by atoms with Crippen LogP contribution in [-0.4, -0.2) is 35.1 Å². The molecule has 114 valence electrons. The van der Waals surface area contributed by atoms with Crippen LogP contribution in [0.25, 0.3) is 6.08 Å². The maximum atomic E-state index is 12.4. The zero-order chi connectivity index (χ0) is 15.1. The van der Waals surface area contributed by atoms with E-state index in [-0.39, 0.29) is 18.6 Å². The van der Waals surface area contributed by atoms with E-state index in [2.05, 4.69) is 0 Å². The molecule has 0 unspecified atom stereocenters. The van der Waals surface area contributed by atoms with Crippen LogP contribution in [-0.2, 0) is 4.79 Å². The molecular formula is C17H22ClNO2. The van der Waals surface area contributed by atoms with Crippen molar-refractivity contribution in [1.82, 2.24) is 4.90 Å². The first-order valence-electron chi connectivity index (χ1n) is 7.56. The second kappa shape index (κ2) is 8.20. The average molecular weight is 308 g/mol. The monoisotopic (exact) mass is 307 g/mol. The molecule has 1 fully saturated rings. The highest BCUT2D eigenvalue weighted by atomic mass is 35.5. The molecule has 0 atom stereocenters. The lowest BCUT2D eigenvalue weighted by atomic mass is 9.94. The normalized spacial score (nSPS) is 16.3. The van der Waals surface area contributed by atoms with Gasteiger partial charge in [-0.15, -0.1) is 0 Å². The molecule has 1 aromatic carbocycles. The summed E-state index contributed by atoms with van der Waals surface area (Å²) >= 11 is 5.93. The Hall–Kier alpha value is -1.32. The minimum Gasteiger partial charge on any atom is -0.395 e. The van der Waals surface area contributed by atoms with Gasteiger partial charge in [0, 0.05) is 23.7 Å². The maximum absolute atomic E-state index is 12.4. The highest BCUT2D eigenvalue weighted by Gasteiger charge is 2.23. The molecule has 21 heavy (non-hydrogen) atoms. The fourth-order valence-corrected chi connectivity index (χ4v) is 3.05. The van der Waals surface area contributed by atoms with Gasteiger partial charge in [0.15, 0.2) is 0 Å². The summed E-state index contributed by atoms with van der Waals surface area (Å²) in [5.41, 5.74) is 0.906. The number of nitrogens with zero attached hydrogens (tertiary/aromatic N) is 1. The van der Waals surface area contributed by atoms with Crippen LogP contribution in [0, 0.1) is 0 Å². The number of hydrogen-bond donors (Lipinski definition) is 1. The van der Waals surface area contributed by atoms with Gasteiger partial charge in [-0.1, -0.05) is 43.0 Å². The number of carbonyl (C=O) groups excluding carboxylic acids is 1. The Morgan fingerprint density at radius 3 is 2.76 bits per heavy atom. The Morgan fingerprint density at radius 2 is 2.10 bits per heavy atom. The van der Waals surface area contributed by atoms with Crippen molar-refractivity contribution in [3.05, 3.63) is 40.9 Å². The Morgan fingerprint density at radius 1 is 1.33 bits per heavy atom. The second-order valence-electron chi connectivity index (χ2n) is 5.44. The molecule has 3 nitrogen and oxygen atoms in total. The number of carbonyl (C=O) groups is 1. The van der Waals surface area contributed by atoms with Gasteiger partial charge in [0.1, 0.15) is 0 Å². The maximum Gasteiger partial charge on any atom is 0.246 e. The predicted molar refractivity (Wildman–Crippen MR) is 86.2 cm³/mol. The summed E-state index contributed by atoms with van der Waals surface area (Å²) in [5.74, 6) is -0.0316. The second-order valence-corrected chi connectivity index (χ2v) is 5.87. The minimum absolute atomic E-state index is 0.00719. The van der Waals surface area contributed by atoms with Crippen LogP contribution in [0.1, 0.15) is 37.7 Å². The van der Waals surface area contributed by atoms with E-state index in [1.807, 2.05) is 18.2 Å². The first-order chi connectivity index (χ1) is 10.2. The fraction of sp³-hybridized carbons (Fsp3) is 0.471. The smallest absolute Gasteiger partial charge is 0.246 e. The predicted octanol–water partition coefficient (Wildman–Crippen LogP) is 3.51. The molecule has 0 aromatic heterocycles. The largest absolute Gasteiger partial charge is 0.395 e. The van der Waals surface area contributed by atoms with Crippen molar-refractivity contribution in [2.75, 3.05) is 13.2 Å². The summed E-state index contributed by atoms with van der Waals surface area (Å²) in [6.07, 6.45) is 9.01. The van der Waals surface area contributed by atoms with Gasteiger partial charge in [0.05, 0.1) is 6.61 Å². The lowest BCUT2D eigenvalue weighted by Crippen LogP contribution is -2.42. The van der Waals surface area contributed by atoms with E-state index in [1.54, 1.807) is 23.1 Å². The molecule has 0 radical (unpaired) electrons. The number of aliphatic hydroxyl groups excluding tert-OH is 1. The first-order valence-corrected chi connectivity index (χ1v) is 7.93. The SMILES string of the molecule is O=C(C=Cc1cccc(Cl)c1)N(CCO)C1CCCCC1. The van der Waals surface area contributed by atoms with Gasteiger partial charge in [-0.25, -0.2) is 0 Å². The van der Waals surface area contributed by atoms with E-state index in [1.165, 1.54) is 6.42 Å². The molecule has 0 saturated heterocycles. The van der Waals surface area contributed by atoms with Crippen LogP contribution in [0.4, 0.5) is 0 Å². The van der Waals surface area contributed by atoms with E-state index in [0.717, 1.165) is 31.2 Å². The summed E-state index contributed by atoms with van der Waals surface area (Å²) in [6, 6.07) is 7.66. The molecular weight excluding hydrogens is 286 g/mol. The molecule has 0 spiro atoms. The summed E-state index contributed by atoms with van der Waals surface area (Å²) < 4.78 is 0. The number of halogens is 1. The molecule has 4 heteroatoms. The Balaban J connectivity index is 2.03. The molecule has 0 bridgehead atoms. The summed E-state index contributed by atoms with van der Waals surface area (Å²) in [4.78, 5) is 14.2. The Labute approximate surface area is 131 Å². The van der Waals surface area contributed by atoms with Gasteiger partial charge in [0.2, 0.25) is 5.91 Å². The van der Waals surface area contributed by atoms with E-state index in [4.69, 9.17) is 11.6 Å². The lowest BCUT2D eigenvalue weighted by molar-refractivity contribution is -0.129. The van der Waals surface area contributed by atoms with Crippen molar-refractivity contribution >= 4 is 23.6 Å². The van der Waals surface area contributed by atoms with E-state index >= 15 is 0 Å². The number of hydrogen-bond acceptors (Lipinski definition) is 2. The van der Waals surface area contributed by atoms with Gasteiger partial charge in [-0.3, -0.25) is 4.79 Å². The van der Waals surface area contributed by atoms with Crippen LogP contribution in [0.2, 0.25) is 5.02 Å². The number of benzene rings is 1. The lowest BCUT2D eigenvalue weighted by Gasteiger charge is -2.33.